The van der Waals surface area contributed by atoms with Gasteiger partial charge in [-0.2, -0.15) is 0 Å². The number of aliphatic hydroxyl groups is 2. The lowest BCUT2D eigenvalue weighted by Crippen LogP contribution is -2.46. The Morgan fingerprint density at radius 3 is 1.58 bits per heavy atom. The highest BCUT2D eigenvalue weighted by molar-refractivity contribution is 5.77. The number of hydrogen-bond donors (Lipinski definition) is 3. The van der Waals surface area contributed by atoms with E-state index >= 15 is 0 Å². The topological polar surface area (TPSA) is 95.9 Å². The fourth-order valence-corrected chi connectivity index (χ4v) is 6.44. The van der Waals surface area contributed by atoms with Gasteiger partial charge in [0, 0.05) is 6.42 Å². The molecule has 3 unspecified atom stereocenters. The number of aliphatic hydroxyl groups excluding tert-OH is 2. The minimum atomic E-state index is -0.787. The number of allylic oxidation sites excluding steroid dienone is 8. The van der Waals surface area contributed by atoms with Crippen molar-refractivity contribution < 1.29 is 24.5 Å². The van der Waals surface area contributed by atoms with E-state index in [1.807, 2.05) is 18.2 Å². The van der Waals surface area contributed by atoms with Gasteiger partial charge >= 0.3 is 5.97 Å². The summed E-state index contributed by atoms with van der Waals surface area (Å²) in [4.78, 5) is 25.8. The molecule has 0 bridgehead atoms. The molecular weight excluding hydrogens is 647 g/mol. The van der Waals surface area contributed by atoms with E-state index in [0.29, 0.717) is 19.3 Å². The van der Waals surface area contributed by atoms with Gasteiger partial charge in [-0.3, -0.25) is 9.59 Å². The molecule has 0 aliphatic heterocycles. The Morgan fingerprint density at radius 1 is 0.577 bits per heavy atom. The van der Waals surface area contributed by atoms with Gasteiger partial charge in [0.1, 0.15) is 6.10 Å². The SMILES string of the molecule is CC/C=C/C=C/C=C/C=C\CCCCCCCC(=O)OC(CCCCCCCCC)CC(=O)NC(CO)C(O)CCCCCCCCCCCCC. The number of unbranched alkanes of at least 4 members (excludes halogenated alkanes) is 21. The Bertz CT molecular complexity index is 910. The first kappa shape index (κ1) is 49.8. The monoisotopic (exact) mass is 730 g/mol. The largest absolute Gasteiger partial charge is 0.462 e. The second-order valence-corrected chi connectivity index (χ2v) is 14.8. The number of ether oxygens (including phenoxy) is 1. The molecule has 0 radical (unpaired) electrons. The second-order valence-electron chi connectivity index (χ2n) is 14.8. The Labute approximate surface area is 321 Å². The first-order valence-corrected chi connectivity index (χ1v) is 21.9. The van der Waals surface area contributed by atoms with Crippen LogP contribution in [0.25, 0.3) is 0 Å². The molecule has 6 heteroatoms. The molecule has 0 heterocycles. The lowest BCUT2D eigenvalue weighted by Gasteiger charge is -2.24. The molecular formula is C46H83NO5. The molecule has 3 atom stereocenters. The number of rotatable bonds is 38. The molecule has 0 rings (SSSR count). The predicted molar refractivity (Wildman–Crippen MR) is 222 cm³/mol. The van der Waals surface area contributed by atoms with E-state index in [9.17, 15) is 19.8 Å². The van der Waals surface area contributed by atoms with Crippen molar-refractivity contribution in [1.29, 1.82) is 0 Å². The van der Waals surface area contributed by atoms with E-state index in [0.717, 1.165) is 83.5 Å². The standard InChI is InChI=1S/C46H83NO5/c1-4-7-10-13-16-18-20-21-22-23-25-27-30-33-36-39-46(51)52-42(37-34-31-28-15-12-9-6-3)40-45(50)47-43(41-48)44(49)38-35-32-29-26-24-19-17-14-11-8-5-2/h7,10,13,16,18,20-22,42-44,48-49H,4-6,8-9,11-12,14-15,17,19,23-41H2,1-3H3,(H,47,50)/b10-7+,16-13+,20-18+,22-21-. The zero-order chi connectivity index (χ0) is 38.2. The molecule has 0 aliphatic rings. The number of carbonyl (C=O) groups is 2. The van der Waals surface area contributed by atoms with Crippen molar-refractivity contribution in [3.8, 4) is 0 Å². The first-order chi connectivity index (χ1) is 25.5. The normalized spacial score (nSPS) is 13.9. The van der Waals surface area contributed by atoms with Crippen molar-refractivity contribution >= 4 is 11.9 Å². The quantitative estimate of drug-likeness (QED) is 0.0334. The fourth-order valence-electron chi connectivity index (χ4n) is 6.44. The van der Waals surface area contributed by atoms with Crippen molar-refractivity contribution in [1.82, 2.24) is 5.32 Å². The lowest BCUT2D eigenvalue weighted by atomic mass is 10.0. The van der Waals surface area contributed by atoms with Gasteiger partial charge in [-0.15, -0.1) is 0 Å². The van der Waals surface area contributed by atoms with Crippen molar-refractivity contribution in [2.75, 3.05) is 6.61 Å². The Morgan fingerprint density at radius 2 is 1.04 bits per heavy atom. The number of amides is 1. The van der Waals surface area contributed by atoms with Gasteiger partial charge < -0.3 is 20.3 Å². The molecule has 0 aromatic heterocycles. The van der Waals surface area contributed by atoms with Crippen molar-refractivity contribution in [2.24, 2.45) is 0 Å². The van der Waals surface area contributed by atoms with Gasteiger partial charge in [-0.1, -0.05) is 198 Å². The number of hydrogen-bond acceptors (Lipinski definition) is 5. The van der Waals surface area contributed by atoms with Crippen LogP contribution in [0.3, 0.4) is 0 Å². The summed E-state index contributed by atoms with van der Waals surface area (Å²) in [6, 6.07) is -0.701. The highest BCUT2D eigenvalue weighted by atomic mass is 16.5. The maximum absolute atomic E-state index is 13.0. The van der Waals surface area contributed by atoms with Gasteiger partial charge in [0.25, 0.3) is 0 Å². The van der Waals surface area contributed by atoms with Gasteiger partial charge in [0.15, 0.2) is 0 Å². The number of esters is 1. The third-order valence-corrected chi connectivity index (χ3v) is 9.77. The molecule has 6 nitrogen and oxygen atoms in total. The third kappa shape index (κ3) is 34.9. The van der Waals surface area contributed by atoms with Crippen LogP contribution in [0.1, 0.15) is 207 Å². The molecule has 302 valence electrons. The van der Waals surface area contributed by atoms with Crippen LogP contribution in [0.5, 0.6) is 0 Å². The van der Waals surface area contributed by atoms with Crippen LogP contribution in [-0.4, -0.2) is 46.9 Å². The van der Waals surface area contributed by atoms with Crippen LogP contribution in [0.2, 0.25) is 0 Å². The number of nitrogens with one attached hydrogen (secondary N) is 1. The average molecular weight is 730 g/mol. The predicted octanol–water partition coefficient (Wildman–Crippen LogP) is 12.3. The Kier molecular flexibility index (Phi) is 38.3. The van der Waals surface area contributed by atoms with Crippen LogP contribution in [0.15, 0.2) is 48.6 Å². The zero-order valence-electron chi connectivity index (χ0n) is 34.2. The van der Waals surface area contributed by atoms with Crippen LogP contribution < -0.4 is 5.32 Å². The molecule has 3 N–H and O–H groups in total. The fraction of sp³-hybridized carbons (Fsp3) is 0.783. The molecule has 1 amide bonds. The smallest absolute Gasteiger partial charge is 0.306 e. The first-order valence-electron chi connectivity index (χ1n) is 21.9. The van der Waals surface area contributed by atoms with Gasteiger partial charge in [0.2, 0.25) is 5.91 Å². The summed E-state index contributed by atoms with van der Waals surface area (Å²) in [5, 5.41) is 23.5. The van der Waals surface area contributed by atoms with Crippen LogP contribution in [-0.2, 0) is 14.3 Å². The van der Waals surface area contributed by atoms with Gasteiger partial charge in [-0.25, -0.2) is 0 Å². The molecule has 0 aromatic carbocycles. The van der Waals surface area contributed by atoms with E-state index in [2.05, 4.69) is 56.5 Å². The average Bonchev–Trinajstić information content (AvgIpc) is 3.13. The van der Waals surface area contributed by atoms with Crippen molar-refractivity contribution in [3.05, 3.63) is 48.6 Å². The minimum Gasteiger partial charge on any atom is -0.462 e. The van der Waals surface area contributed by atoms with E-state index in [-0.39, 0.29) is 24.9 Å². The minimum absolute atomic E-state index is 0.0676. The van der Waals surface area contributed by atoms with Gasteiger partial charge in [-0.05, 0) is 44.9 Å². The molecule has 0 spiro atoms. The molecule has 0 saturated heterocycles. The maximum atomic E-state index is 13.0. The summed E-state index contributed by atoms with van der Waals surface area (Å²) >= 11 is 0. The molecule has 0 aromatic rings. The summed E-state index contributed by atoms with van der Waals surface area (Å²) < 4.78 is 5.86. The number of carbonyl (C=O) groups excluding carboxylic acids is 2. The van der Waals surface area contributed by atoms with E-state index in [4.69, 9.17) is 4.74 Å². The van der Waals surface area contributed by atoms with Crippen LogP contribution in [0.4, 0.5) is 0 Å². The van der Waals surface area contributed by atoms with Crippen molar-refractivity contribution in [3.63, 3.8) is 0 Å². The summed E-state index contributed by atoms with van der Waals surface area (Å²) in [5.41, 5.74) is 0. The van der Waals surface area contributed by atoms with E-state index in [1.165, 1.54) is 77.0 Å². The molecule has 52 heavy (non-hydrogen) atoms. The van der Waals surface area contributed by atoms with Crippen molar-refractivity contribution in [2.45, 2.75) is 225 Å². The molecule has 0 aliphatic carbocycles. The Hall–Kier alpha value is -2.18. The Balaban J connectivity index is 4.50. The van der Waals surface area contributed by atoms with Crippen LogP contribution >= 0.6 is 0 Å². The zero-order valence-corrected chi connectivity index (χ0v) is 34.2. The van der Waals surface area contributed by atoms with E-state index < -0.39 is 18.2 Å². The third-order valence-electron chi connectivity index (χ3n) is 9.77. The highest BCUT2D eigenvalue weighted by Gasteiger charge is 2.24. The van der Waals surface area contributed by atoms with Crippen LogP contribution in [0, 0.1) is 0 Å². The highest BCUT2D eigenvalue weighted by Crippen LogP contribution is 2.17. The second kappa shape index (κ2) is 40.0. The summed E-state index contributed by atoms with van der Waals surface area (Å²) in [6.07, 6.45) is 46.0. The lowest BCUT2D eigenvalue weighted by molar-refractivity contribution is -0.151. The molecule has 0 saturated carbocycles. The summed E-state index contributed by atoms with van der Waals surface area (Å²) in [5.74, 6) is -0.507. The molecule has 0 fully saturated rings. The maximum Gasteiger partial charge on any atom is 0.306 e. The summed E-state index contributed by atoms with van der Waals surface area (Å²) in [7, 11) is 0. The van der Waals surface area contributed by atoms with Gasteiger partial charge in [0.05, 0.1) is 25.2 Å². The van der Waals surface area contributed by atoms with E-state index in [1.54, 1.807) is 0 Å². The summed E-state index contributed by atoms with van der Waals surface area (Å²) in [6.45, 7) is 6.28.